The number of benzene rings is 1. The molecule has 0 fully saturated rings. The number of hydrogen-bond donors (Lipinski definition) is 3. The number of carbonyl (C=O) groups excluding carboxylic acids is 1. The fourth-order valence-electron chi connectivity index (χ4n) is 2.87. The first-order valence-corrected chi connectivity index (χ1v) is 13.2. The van der Waals surface area contributed by atoms with Crippen molar-refractivity contribution < 1.29 is 13.2 Å². The number of fused-ring (bicyclic) bond motifs is 1. The zero-order valence-electron chi connectivity index (χ0n) is 16.3. The highest BCUT2D eigenvalue weighted by atomic mass is 32.2. The lowest BCUT2D eigenvalue weighted by Gasteiger charge is -2.15. The summed E-state index contributed by atoms with van der Waals surface area (Å²) in [6.07, 6.45) is 4.48. The van der Waals surface area contributed by atoms with E-state index in [4.69, 9.17) is 0 Å². The third kappa shape index (κ3) is 6.30. The number of nitrogens with one attached hydrogen (secondary N) is 3. The van der Waals surface area contributed by atoms with Crippen molar-refractivity contribution >= 4 is 50.1 Å². The van der Waals surface area contributed by atoms with Crippen molar-refractivity contribution in [2.75, 3.05) is 24.8 Å². The number of thiophene rings is 1. The molecule has 0 unspecified atom stereocenters. The number of nitrogens with zero attached hydrogens (tertiary/aromatic N) is 1. The molecular formula is C19H24N4O3S3. The topological polar surface area (TPSA) is 104 Å². The maximum absolute atomic E-state index is 12.8. The maximum atomic E-state index is 12.8. The minimum Gasteiger partial charge on any atom is -0.341 e. The van der Waals surface area contributed by atoms with E-state index >= 15 is 0 Å². The van der Waals surface area contributed by atoms with Crippen molar-refractivity contribution in [1.29, 1.82) is 0 Å². The smallest absolute Gasteiger partial charge is 0.261 e. The van der Waals surface area contributed by atoms with Gasteiger partial charge in [0.25, 0.3) is 5.91 Å². The number of imidazole rings is 1. The summed E-state index contributed by atoms with van der Waals surface area (Å²) in [5, 5.41) is 3.09. The van der Waals surface area contributed by atoms with Crippen LogP contribution in [0.25, 0.3) is 11.0 Å². The average Bonchev–Trinajstić information content (AvgIpc) is 3.30. The van der Waals surface area contributed by atoms with E-state index in [-0.39, 0.29) is 11.9 Å². The highest BCUT2D eigenvalue weighted by Crippen LogP contribution is 2.22. The predicted octanol–water partition coefficient (Wildman–Crippen LogP) is 2.94. The molecule has 29 heavy (non-hydrogen) atoms. The van der Waals surface area contributed by atoms with Gasteiger partial charge in [0.1, 0.15) is 5.82 Å². The highest BCUT2D eigenvalue weighted by molar-refractivity contribution is 7.98. The van der Waals surface area contributed by atoms with Crippen LogP contribution in [0.3, 0.4) is 0 Å². The van der Waals surface area contributed by atoms with Crippen LogP contribution in [0.4, 0.5) is 0 Å². The summed E-state index contributed by atoms with van der Waals surface area (Å²) in [5.74, 6) is 1.50. The molecule has 0 saturated heterocycles. The Labute approximate surface area is 178 Å². The molecule has 0 radical (unpaired) electrons. The Hall–Kier alpha value is -1.88. The maximum Gasteiger partial charge on any atom is 0.261 e. The summed E-state index contributed by atoms with van der Waals surface area (Å²) >= 11 is 3.10. The molecule has 3 aromatic rings. The van der Waals surface area contributed by atoms with Crippen LogP contribution in [0.15, 0.2) is 36.4 Å². The van der Waals surface area contributed by atoms with E-state index in [1.165, 1.54) is 11.3 Å². The van der Waals surface area contributed by atoms with Crippen molar-refractivity contribution in [2.45, 2.75) is 18.9 Å². The van der Waals surface area contributed by atoms with Gasteiger partial charge in [0, 0.05) is 11.4 Å². The first-order chi connectivity index (χ1) is 13.9. The fourth-order valence-corrected chi connectivity index (χ4v) is 4.73. The van der Waals surface area contributed by atoms with Gasteiger partial charge in [0.05, 0.1) is 28.2 Å². The first kappa shape index (κ1) is 21.8. The molecule has 2 heterocycles. The second-order valence-electron chi connectivity index (χ2n) is 6.63. The van der Waals surface area contributed by atoms with Gasteiger partial charge < -0.3 is 10.3 Å². The largest absolute Gasteiger partial charge is 0.341 e. The molecule has 1 amide bonds. The molecule has 7 nitrogen and oxygen atoms in total. The summed E-state index contributed by atoms with van der Waals surface area (Å²) in [4.78, 5) is 22.3. The lowest BCUT2D eigenvalue weighted by atomic mass is 10.2. The number of para-hydroxylation sites is 2. The van der Waals surface area contributed by atoms with Crippen LogP contribution in [-0.2, 0) is 16.4 Å². The number of hydrogen-bond acceptors (Lipinski definition) is 6. The highest BCUT2D eigenvalue weighted by Gasteiger charge is 2.20. The summed E-state index contributed by atoms with van der Waals surface area (Å²) in [5.41, 5.74) is 1.82. The molecule has 3 rings (SSSR count). The van der Waals surface area contributed by atoms with Crippen molar-refractivity contribution in [1.82, 2.24) is 20.0 Å². The average molecular weight is 453 g/mol. The standard InChI is InChI=1S/C19H24N4O3S3/c1-27-12-10-16(18-21-14-5-3-4-6-15(14)22-18)23-19(24)17-8-7-13(28-17)9-11-20-29(2,25)26/h3-8,16,20H,9-12H2,1-2H3,(H,21,22)(H,23,24)/t16-/m0/s1. The zero-order valence-corrected chi connectivity index (χ0v) is 18.7. The lowest BCUT2D eigenvalue weighted by Crippen LogP contribution is -2.29. The van der Waals surface area contributed by atoms with Gasteiger partial charge in [0.2, 0.25) is 10.0 Å². The van der Waals surface area contributed by atoms with Crippen LogP contribution in [0.2, 0.25) is 0 Å². The normalized spacial score (nSPS) is 12.9. The minimum atomic E-state index is -3.21. The quantitative estimate of drug-likeness (QED) is 0.439. The number of carbonyl (C=O) groups is 1. The molecule has 0 bridgehead atoms. The van der Waals surface area contributed by atoms with E-state index in [2.05, 4.69) is 20.0 Å². The first-order valence-electron chi connectivity index (χ1n) is 9.13. The molecule has 0 aliphatic rings. The molecule has 1 aromatic carbocycles. The minimum absolute atomic E-state index is 0.149. The summed E-state index contributed by atoms with van der Waals surface area (Å²) < 4.78 is 24.8. The van der Waals surface area contributed by atoms with Crippen LogP contribution >= 0.6 is 23.1 Å². The fraction of sp³-hybridized carbons (Fsp3) is 0.368. The van der Waals surface area contributed by atoms with Crippen LogP contribution in [0.5, 0.6) is 0 Å². The third-order valence-electron chi connectivity index (χ3n) is 4.27. The van der Waals surface area contributed by atoms with Gasteiger partial charge in [-0.3, -0.25) is 4.79 Å². The van der Waals surface area contributed by atoms with E-state index in [0.29, 0.717) is 17.8 Å². The third-order valence-corrected chi connectivity index (χ3v) is 6.79. The number of sulfonamides is 1. The summed E-state index contributed by atoms with van der Waals surface area (Å²) in [6.45, 7) is 0.315. The van der Waals surface area contributed by atoms with E-state index in [9.17, 15) is 13.2 Å². The second-order valence-corrected chi connectivity index (χ2v) is 10.6. The Morgan fingerprint density at radius 2 is 2.07 bits per heavy atom. The molecule has 1 atom stereocenters. The van der Waals surface area contributed by atoms with Gasteiger partial charge in [-0.2, -0.15) is 11.8 Å². The SMILES string of the molecule is CSCC[C@H](NC(=O)c1ccc(CCNS(C)(=O)=O)s1)c1nc2ccccc2[nH]1. The molecule has 0 saturated carbocycles. The number of rotatable bonds is 10. The Kier molecular flexibility index (Phi) is 7.33. The zero-order chi connectivity index (χ0) is 20.9. The van der Waals surface area contributed by atoms with E-state index in [1.54, 1.807) is 17.8 Å². The predicted molar refractivity (Wildman–Crippen MR) is 120 cm³/mol. The number of amides is 1. The Balaban J connectivity index is 1.68. The Morgan fingerprint density at radius 1 is 1.28 bits per heavy atom. The molecular weight excluding hydrogens is 428 g/mol. The van der Waals surface area contributed by atoms with Crippen molar-refractivity contribution in [3.05, 3.63) is 52.0 Å². The Morgan fingerprint density at radius 3 is 2.79 bits per heavy atom. The van der Waals surface area contributed by atoms with E-state index in [1.807, 2.05) is 36.6 Å². The van der Waals surface area contributed by atoms with Gasteiger partial charge in [-0.25, -0.2) is 18.1 Å². The van der Waals surface area contributed by atoms with Gasteiger partial charge >= 0.3 is 0 Å². The summed E-state index contributed by atoms with van der Waals surface area (Å²) in [7, 11) is -3.21. The van der Waals surface area contributed by atoms with Crippen LogP contribution in [0.1, 0.15) is 32.8 Å². The van der Waals surface area contributed by atoms with Crippen LogP contribution in [0, 0.1) is 0 Å². The summed E-state index contributed by atoms with van der Waals surface area (Å²) in [6, 6.07) is 11.2. The van der Waals surface area contributed by atoms with Crippen LogP contribution < -0.4 is 10.0 Å². The second kappa shape index (κ2) is 9.75. The molecule has 0 aliphatic heterocycles. The van der Waals surface area contributed by atoms with Crippen molar-refractivity contribution in [2.24, 2.45) is 0 Å². The van der Waals surface area contributed by atoms with Gasteiger partial charge in [0.15, 0.2) is 0 Å². The number of aromatic amines is 1. The monoisotopic (exact) mass is 452 g/mol. The van der Waals surface area contributed by atoms with Crippen molar-refractivity contribution in [3.8, 4) is 0 Å². The van der Waals surface area contributed by atoms with E-state index in [0.717, 1.165) is 40.2 Å². The number of thioether (sulfide) groups is 1. The number of H-pyrrole nitrogens is 1. The number of aromatic nitrogens is 2. The molecule has 156 valence electrons. The van der Waals surface area contributed by atoms with Gasteiger partial charge in [-0.05, 0) is 49.1 Å². The van der Waals surface area contributed by atoms with Crippen LogP contribution in [-0.4, -0.2) is 49.1 Å². The molecule has 3 N–H and O–H groups in total. The van der Waals surface area contributed by atoms with Gasteiger partial charge in [-0.1, -0.05) is 12.1 Å². The molecule has 0 aliphatic carbocycles. The van der Waals surface area contributed by atoms with Crippen molar-refractivity contribution in [3.63, 3.8) is 0 Å². The van der Waals surface area contributed by atoms with Gasteiger partial charge in [-0.15, -0.1) is 11.3 Å². The lowest BCUT2D eigenvalue weighted by molar-refractivity contribution is 0.0938. The Bertz CT molecular complexity index is 1040. The molecule has 0 spiro atoms. The molecule has 10 heteroatoms. The van der Waals surface area contributed by atoms with E-state index < -0.39 is 10.0 Å². The molecule has 2 aromatic heterocycles.